The van der Waals surface area contributed by atoms with Gasteiger partial charge < -0.3 is 13.6 Å². The summed E-state index contributed by atoms with van der Waals surface area (Å²) >= 11 is 0. The molecule has 0 amide bonds. The summed E-state index contributed by atoms with van der Waals surface area (Å²) in [5, 5.41) is 2.18. The SMILES string of the molecule is [CH2-]c1ccc2c(oc3cc(-c4ccc(-c5ccccc5)cc4)ccc32)c1-c1cccc[n+]1[CH2-].[CH2-]c1ccccc1-c1ccc(C(C)(C)C)c[n+]1[CH2-].[Ir]. The summed E-state index contributed by atoms with van der Waals surface area (Å²) in [5.74, 6) is 0. The number of nitrogens with zero attached hydrogens (tertiary/aromatic N) is 2. The van der Waals surface area contributed by atoms with Crippen LogP contribution in [0.3, 0.4) is 0 Å². The van der Waals surface area contributed by atoms with Crippen LogP contribution in [0.5, 0.6) is 0 Å². The number of fused-ring (bicyclic) bond motifs is 3. The number of pyridine rings is 2. The Morgan fingerprint density at radius 2 is 1.15 bits per heavy atom. The molecule has 4 heteroatoms. The van der Waals surface area contributed by atoms with Crippen LogP contribution >= 0.6 is 0 Å². The Hall–Kier alpha value is -5.67. The van der Waals surface area contributed by atoms with E-state index in [0.717, 1.165) is 66.7 Å². The summed E-state index contributed by atoms with van der Waals surface area (Å²) in [6, 6.07) is 48.1. The van der Waals surface area contributed by atoms with E-state index in [1.54, 1.807) is 0 Å². The third-order valence-corrected chi connectivity index (χ3v) is 9.43. The molecule has 0 bridgehead atoms. The van der Waals surface area contributed by atoms with E-state index >= 15 is 0 Å². The predicted octanol–water partition coefficient (Wildman–Crippen LogP) is 11.5. The van der Waals surface area contributed by atoms with Crippen LogP contribution in [0.25, 0.3) is 66.7 Å². The molecule has 0 aliphatic rings. The number of hydrogen-bond donors (Lipinski definition) is 0. The summed E-state index contributed by atoms with van der Waals surface area (Å²) < 4.78 is 10.2. The van der Waals surface area contributed by atoms with Crippen LogP contribution < -0.4 is 9.13 Å². The van der Waals surface area contributed by atoms with Gasteiger partial charge >= 0.3 is 0 Å². The fourth-order valence-corrected chi connectivity index (χ4v) is 6.53. The minimum atomic E-state index is 0. The van der Waals surface area contributed by atoms with Crippen LogP contribution in [0.1, 0.15) is 37.5 Å². The van der Waals surface area contributed by atoms with Crippen molar-refractivity contribution in [3.8, 4) is 44.8 Å². The Morgan fingerprint density at radius 1 is 0.538 bits per heavy atom. The van der Waals surface area contributed by atoms with Crippen LogP contribution in [0.4, 0.5) is 0 Å². The smallest absolute Gasteiger partial charge is 0.134 e. The average Bonchev–Trinajstić information content (AvgIpc) is 3.50. The molecule has 5 aromatic carbocycles. The van der Waals surface area contributed by atoms with Crippen molar-refractivity contribution in [2.45, 2.75) is 26.2 Å². The van der Waals surface area contributed by atoms with Crippen LogP contribution in [0.15, 0.2) is 156 Å². The first kappa shape index (κ1) is 36.1. The van der Waals surface area contributed by atoms with Crippen molar-refractivity contribution in [3.63, 3.8) is 0 Å². The van der Waals surface area contributed by atoms with Gasteiger partial charge in [0.25, 0.3) is 0 Å². The molecule has 0 N–H and O–H groups in total. The minimum absolute atomic E-state index is 0. The van der Waals surface area contributed by atoms with E-state index in [9.17, 15) is 0 Å². The zero-order valence-corrected chi connectivity index (χ0v) is 32.3. The molecule has 8 aromatic rings. The van der Waals surface area contributed by atoms with Crippen molar-refractivity contribution in [1.29, 1.82) is 0 Å². The Morgan fingerprint density at radius 3 is 1.83 bits per heavy atom. The molecule has 261 valence electrons. The van der Waals surface area contributed by atoms with Gasteiger partial charge in [0.2, 0.25) is 0 Å². The standard InChI is InChI=1S/C31H22NO.C17H20N.Ir/c1-21-11-17-27-26-18-16-25(24-14-12-23(13-15-24)22-8-4-3-5-9-22)20-29(26)33-31(27)30(21)28-10-6-7-19-32(28)2;1-13-8-6-7-9-15(13)16-11-10-14(12-18(16)5)17(2,3)4;/h3-20H,1-2H2;6-12H,1,5H2,2-4H3;/q2*-1;. The first-order valence-electron chi connectivity index (χ1n) is 17.2. The van der Waals surface area contributed by atoms with E-state index in [1.807, 2.05) is 57.8 Å². The molecule has 3 heterocycles. The number of hydrogen-bond acceptors (Lipinski definition) is 1. The van der Waals surface area contributed by atoms with Crippen molar-refractivity contribution in [2.24, 2.45) is 0 Å². The second-order valence-electron chi connectivity index (χ2n) is 14.0. The molecule has 0 spiro atoms. The molecule has 0 aliphatic heterocycles. The summed E-state index contributed by atoms with van der Waals surface area (Å²) in [5.41, 5.74) is 14.0. The fraction of sp³-hybridized carbons (Fsp3) is 0.0833. The summed E-state index contributed by atoms with van der Waals surface area (Å²) in [4.78, 5) is 0. The van der Waals surface area contributed by atoms with Gasteiger partial charge in [-0.15, -0.1) is 23.8 Å². The van der Waals surface area contributed by atoms with Crippen molar-refractivity contribution in [3.05, 3.63) is 197 Å². The largest absolute Gasteiger partial charge is 0.469 e. The van der Waals surface area contributed by atoms with Gasteiger partial charge in [0.15, 0.2) is 0 Å². The van der Waals surface area contributed by atoms with Gasteiger partial charge in [0.05, 0.1) is 29.4 Å². The van der Waals surface area contributed by atoms with Crippen molar-refractivity contribution in [1.82, 2.24) is 0 Å². The Labute approximate surface area is 321 Å². The molecular weight excluding hydrogens is 813 g/mol. The summed E-state index contributed by atoms with van der Waals surface area (Å²) in [7, 11) is 8.23. The van der Waals surface area contributed by atoms with E-state index in [4.69, 9.17) is 4.42 Å². The van der Waals surface area contributed by atoms with Gasteiger partial charge in [0, 0.05) is 45.0 Å². The maximum atomic E-state index is 6.45. The molecule has 0 fully saturated rings. The van der Waals surface area contributed by atoms with Gasteiger partial charge in [0.1, 0.15) is 5.58 Å². The molecule has 0 unspecified atom stereocenters. The third kappa shape index (κ3) is 7.22. The van der Waals surface area contributed by atoms with Crippen molar-refractivity contribution < 1.29 is 33.7 Å². The minimum Gasteiger partial charge on any atom is -0.469 e. The molecule has 8 rings (SSSR count). The molecule has 0 aliphatic carbocycles. The third-order valence-electron chi connectivity index (χ3n) is 9.43. The van der Waals surface area contributed by atoms with Gasteiger partial charge in [-0.3, -0.25) is 0 Å². The number of benzene rings is 5. The quantitative estimate of drug-likeness (QED) is 0.128. The number of rotatable bonds is 4. The van der Waals surface area contributed by atoms with Crippen molar-refractivity contribution >= 4 is 21.9 Å². The molecule has 0 saturated heterocycles. The first-order chi connectivity index (χ1) is 24.6. The van der Waals surface area contributed by atoms with Crippen LogP contribution in [-0.4, -0.2) is 0 Å². The van der Waals surface area contributed by atoms with Crippen molar-refractivity contribution in [2.75, 3.05) is 0 Å². The summed E-state index contributed by atoms with van der Waals surface area (Å²) in [6.45, 7) is 14.9. The fourth-order valence-electron chi connectivity index (χ4n) is 6.53. The van der Waals surface area contributed by atoms with E-state index in [0.29, 0.717) is 0 Å². The van der Waals surface area contributed by atoms with E-state index < -0.39 is 0 Å². The maximum Gasteiger partial charge on any atom is 0.134 e. The Balaban J connectivity index is 0.000000208. The Bertz CT molecular complexity index is 2490. The number of furan rings is 1. The maximum absolute atomic E-state index is 6.45. The first-order valence-corrected chi connectivity index (χ1v) is 17.2. The zero-order chi connectivity index (χ0) is 35.7. The predicted molar refractivity (Wildman–Crippen MR) is 211 cm³/mol. The topological polar surface area (TPSA) is 20.9 Å². The summed E-state index contributed by atoms with van der Waals surface area (Å²) in [6.07, 6.45) is 4.04. The second kappa shape index (κ2) is 14.9. The molecule has 0 saturated carbocycles. The molecule has 3 nitrogen and oxygen atoms in total. The van der Waals surface area contributed by atoms with Crippen LogP contribution in [-0.2, 0) is 25.5 Å². The van der Waals surface area contributed by atoms with Crippen LogP contribution in [0, 0.1) is 27.9 Å². The van der Waals surface area contributed by atoms with E-state index in [2.05, 4.69) is 152 Å². The monoisotopic (exact) mass is 855 g/mol. The van der Waals surface area contributed by atoms with Gasteiger partial charge in [-0.2, -0.15) is 37.1 Å². The van der Waals surface area contributed by atoms with Crippen LogP contribution in [0.2, 0.25) is 0 Å². The molecule has 1 radical (unpaired) electrons. The normalized spacial score (nSPS) is 11.1. The van der Waals surface area contributed by atoms with E-state index in [-0.39, 0.29) is 25.5 Å². The van der Waals surface area contributed by atoms with Gasteiger partial charge in [-0.1, -0.05) is 123 Å². The van der Waals surface area contributed by atoms with E-state index in [1.165, 1.54) is 16.7 Å². The molecule has 0 atom stereocenters. The second-order valence-corrected chi connectivity index (χ2v) is 14.0. The number of aromatic nitrogens is 2. The Kier molecular flexibility index (Phi) is 10.4. The van der Waals surface area contributed by atoms with Gasteiger partial charge in [-0.25, -0.2) is 0 Å². The van der Waals surface area contributed by atoms with Gasteiger partial charge in [-0.05, 0) is 45.4 Å². The molecule has 3 aromatic heterocycles. The molecule has 52 heavy (non-hydrogen) atoms. The molecular formula is C48H42IrN2O-2. The zero-order valence-electron chi connectivity index (χ0n) is 29.9. The average molecular weight is 855 g/mol.